The molecule has 12 bridgehead atoms. The van der Waals surface area contributed by atoms with Gasteiger partial charge in [0.05, 0.1) is 32.1 Å². The molecule has 12 aliphatic rings. The van der Waals surface area contributed by atoms with Gasteiger partial charge in [-0.3, -0.25) is 0 Å². The summed E-state index contributed by atoms with van der Waals surface area (Å²) >= 11 is 20.0. The highest BCUT2D eigenvalue weighted by Gasteiger charge is 2.61. The number of ether oxygens (including phenoxy) is 3. The average molecular weight is 905 g/mol. The second-order valence-corrected chi connectivity index (χ2v) is 24.3. The van der Waals surface area contributed by atoms with Crippen molar-refractivity contribution in [3.63, 3.8) is 0 Å². The van der Waals surface area contributed by atoms with Gasteiger partial charge in [0, 0.05) is 51.1 Å². The predicted molar refractivity (Wildman–Crippen MR) is 254 cm³/mol. The molecule has 0 aliphatic heterocycles. The molecule has 6 N–H and O–H groups in total. The van der Waals surface area contributed by atoms with E-state index >= 15 is 0 Å². The largest absolute Gasteiger partial charge is 0.456 e. The van der Waals surface area contributed by atoms with Crippen molar-refractivity contribution >= 4 is 51.9 Å². The summed E-state index contributed by atoms with van der Waals surface area (Å²) in [6.45, 7) is 0. The SMILES string of the molecule is Nc1cc(Oc2c(C34CC5CC(CC(C5)C3)C4)c(Oc3ccc(Cl)c(N)c3)c(C34CC5CC(CC(C5)C3)C4)c(Oc3ccc(Cl)c(N)c3)c2C23CC4CC(CC(C4)C2)C3)ccc1Cl. The summed E-state index contributed by atoms with van der Waals surface area (Å²) in [4.78, 5) is 0. The van der Waals surface area contributed by atoms with Gasteiger partial charge in [0.2, 0.25) is 0 Å². The van der Waals surface area contributed by atoms with E-state index in [9.17, 15) is 0 Å². The minimum Gasteiger partial charge on any atom is -0.456 e. The van der Waals surface area contributed by atoms with Gasteiger partial charge in [-0.05, 0) is 205 Å². The van der Waals surface area contributed by atoms with E-state index in [4.69, 9.17) is 66.2 Å². The van der Waals surface area contributed by atoms with Crippen LogP contribution in [0.2, 0.25) is 15.1 Å². The molecule has 0 saturated heterocycles. The molecule has 4 aromatic rings. The Morgan fingerprint density at radius 3 is 0.746 bits per heavy atom. The Balaban J connectivity index is 1.18. The Hall–Kier alpha value is -3.45. The molecule has 0 unspecified atom stereocenters. The molecule has 12 saturated carbocycles. The highest BCUT2D eigenvalue weighted by molar-refractivity contribution is 6.33. The number of rotatable bonds is 9. The molecule has 0 heterocycles. The fraction of sp³-hybridized carbons (Fsp3) is 0.556. The molecule has 63 heavy (non-hydrogen) atoms. The van der Waals surface area contributed by atoms with Crippen molar-refractivity contribution in [3.8, 4) is 34.5 Å². The molecule has 16 rings (SSSR count). The fourth-order valence-corrected chi connectivity index (χ4v) is 18.1. The summed E-state index contributed by atoms with van der Waals surface area (Å²) in [5.41, 5.74) is 24.9. The standard InChI is InChI=1S/C54H60Cl3N3O3/c55-40-4-1-37(16-43(40)58)61-49-46(52-19-28-7-29(20-52)9-30(8-28)21-52)50(62-38-2-5-41(56)44(59)17-38)48(54-25-34-13-35(26-54)15-36(14-34)27-54)51(63-39-3-6-42(57)45(60)18-39)47(49)53-22-31-10-32(23-53)12-33(11-31)24-53/h1-6,16-18,28-36H,7-15,19-27,58-60H2. The Labute approximate surface area is 387 Å². The number of nitrogen functional groups attached to an aromatic ring is 3. The monoisotopic (exact) mass is 903 g/mol. The molecule has 9 heteroatoms. The minimum atomic E-state index is -0.132. The third-order valence-corrected chi connectivity index (χ3v) is 19.7. The van der Waals surface area contributed by atoms with Crippen LogP contribution in [0.1, 0.15) is 132 Å². The quantitative estimate of drug-likeness (QED) is 0.145. The summed E-state index contributed by atoms with van der Waals surface area (Å²) in [5, 5.41) is 1.57. The first-order valence-corrected chi connectivity index (χ1v) is 25.5. The highest BCUT2D eigenvalue weighted by Crippen LogP contribution is 2.73. The van der Waals surface area contributed by atoms with E-state index in [1.54, 1.807) is 0 Å². The Morgan fingerprint density at radius 2 is 0.556 bits per heavy atom. The lowest BCUT2D eigenvalue weighted by atomic mass is 9.44. The topological polar surface area (TPSA) is 106 Å². The van der Waals surface area contributed by atoms with Gasteiger partial charge in [-0.1, -0.05) is 34.8 Å². The maximum absolute atomic E-state index is 7.78. The molecule has 330 valence electrons. The third kappa shape index (κ3) is 6.44. The van der Waals surface area contributed by atoms with Gasteiger partial charge in [0.25, 0.3) is 0 Å². The summed E-state index contributed by atoms with van der Waals surface area (Å²) < 4.78 is 23.3. The molecule has 0 spiro atoms. The fourth-order valence-electron chi connectivity index (χ4n) is 17.8. The summed E-state index contributed by atoms with van der Waals surface area (Å²) in [7, 11) is 0. The molecule has 6 nitrogen and oxygen atoms in total. The number of hydrogen-bond acceptors (Lipinski definition) is 6. The lowest BCUT2D eigenvalue weighted by Crippen LogP contribution is -2.52. The number of anilines is 3. The van der Waals surface area contributed by atoms with Crippen molar-refractivity contribution in [2.75, 3.05) is 17.2 Å². The lowest BCUT2D eigenvalue weighted by molar-refractivity contribution is -0.0152. The summed E-state index contributed by atoms with van der Waals surface area (Å²) in [5.74, 6) is 11.1. The summed E-state index contributed by atoms with van der Waals surface area (Å²) in [6.07, 6.45) is 22.3. The molecular weight excluding hydrogens is 845 g/mol. The average Bonchev–Trinajstić information content (AvgIpc) is 3.20. The summed E-state index contributed by atoms with van der Waals surface area (Å²) in [6, 6.07) is 17.4. The first-order valence-electron chi connectivity index (χ1n) is 24.3. The Bertz CT molecular complexity index is 2150. The van der Waals surface area contributed by atoms with E-state index in [2.05, 4.69) is 0 Å². The first-order chi connectivity index (χ1) is 30.4. The van der Waals surface area contributed by atoms with Gasteiger partial charge in [-0.15, -0.1) is 0 Å². The van der Waals surface area contributed by atoms with E-state index in [-0.39, 0.29) is 16.2 Å². The molecule has 4 aromatic carbocycles. The smallest absolute Gasteiger partial charge is 0.142 e. The Kier molecular flexibility index (Phi) is 9.04. The van der Waals surface area contributed by atoms with Crippen molar-refractivity contribution in [2.45, 2.75) is 132 Å². The molecule has 0 aromatic heterocycles. The second-order valence-electron chi connectivity index (χ2n) is 23.1. The Morgan fingerprint density at radius 1 is 0.349 bits per heavy atom. The normalized spacial score (nSPS) is 37.5. The van der Waals surface area contributed by atoms with Crippen molar-refractivity contribution in [2.24, 2.45) is 53.3 Å². The van der Waals surface area contributed by atoms with Crippen molar-refractivity contribution in [1.82, 2.24) is 0 Å². The van der Waals surface area contributed by atoms with E-state index < -0.39 is 0 Å². The zero-order valence-electron chi connectivity index (χ0n) is 36.2. The van der Waals surface area contributed by atoms with Crippen LogP contribution in [-0.2, 0) is 16.2 Å². The van der Waals surface area contributed by atoms with Crippen LogP contribution in [-0.4, -0.2) is 0 Å². The van der Waals surface area contributed by atoms with E-state index in [0.717, 1.165) is 75.0 Å². The van der Waals surface area contributed by atoms with Crippen LogP contribution in [0.3, 0.4) is 0 Å². The van der Waals surface area contributed by atoms with E-state index in [0.29, 0.717) is 103 Å². The van der Waals surface area contributed by atoms with Crippen LogP contribution in [0.25, 0.3) is 0 Å². The maximum Gasteiger partial charge on any atom is 0.142 e. The van der Waals surface area contributed by atoms with Gasteiger partial charge in [0.1, 0.15) is 34.5 Å². The first kappa shape index (κ1) is 39.9. The zero-order valence-corrected chi connectivity index (χ0v) is 38.5. The highest BCUT2D eigenvalue weighted by atomic mass is 35.5. The third-order valence-electron chi connectivity index (χ3n) is 18.6. The van der Waals surface area contributed by atoms with Crippen LogP contribution in [0, 0.1) is 53.3 Å². The van der Waals surface area contributed by atoms with Gasteiger partial charge in [-0.2, -0.15) is 0 Å². The van der Waals surface area contributed by atoms with Gasteiger partial charge < -0.3 is 31.4 Å². The van der Waals surface area contributed by atoms with E-state index in [1.165, 1.54) is 74.5 Å². The van der Waals surface area contributed by atoms with E-state index in [1.807, 2.05) is 54.6 Å². The minimum absolute atomic E-state index is 0.132. The number of benzene rings is 4. The van der Waals surface area contributed by atoms with Crippen LogP contribution < -0.4 is 31.4 Å². The molecule has 12 fully saturated rings. The van der Waals surface area contributed by atoms with Crippen LogP contribution in [0.5, 0.6) is 34.5 Å². The van der Waals surface area contributed by atoms with Crippen molar-refractivity contribution < 1.29 is 14.2 Å². The number of nitrogens with two attached hydrogens (primary N) is 3. The van der Waals surface area contributed by atoms with Crippen molar-refractivity contribution in [1.29, 1.82) is 0 Å². The molecular formula is C54H60Cl3N3O3. The van der Waals surface area contributed by atoms with Crippen molar-refractivity contribution in [3.05, 3.63) is 86.4 Å². The van der Waals surface area contributed by atoms with Gasteiger partial charge in [0.15, 0.2) is 0 Å². The molecule has 12 aliphatic carbocycles. The van der Waals surface area contributed by atoms with Gasteiger partial charge >= 0.3 is 0 Å². The lowest BCUT2D eigenvalue weighted by Gasteiger charge is -2.61. The van der Waals surface area contributed by atoms with Gasteiger partial charge in [-0.25, -0.2) is 0 Å². The molecule has 0 atom stereocenters. The van der Waals surface area contributed by atoms with Crippen LogP contribution in [0.15, 0.2) is 54.6 Å². The molecule has 0 amide bonds. The predicted octanol–water partition coefficient (Wildman–Crippen LogP) is 15.2. The zero-order chi connectivity index (χ0) is 42.6. The number of hydrogen-bond donors (Lipinski definition) is 3. The van der Waals surface area contributed by atoms with Crippen LogP contribution >= 0.6 is 34.8 Å². The molecule has 0 radical (unpaired) electrons. The second kappa shape index (κ2) is 14.3. The van der Waals surface area contributed by atoms with Crippen LogP contribution in [0.4, 0.5) is 17.1 Å². The number of halogens is 3. The maximum atomic E-state index is 7.78.